The maximum atomic E-state index is 11.7. The molecule has 0 atom stereocenters. The molecule has 6 nitrogen and oxygen atoms in total. The first kappa shape index (κ1) is 14.0. The first-order chi connectivity index (χ1) is 8.63. The smallest absolute Gasteiger partial charge is 0.404 e. The molecule has 1 aromatic carbocycles. The van der Waals surface area contributed by atoms with Crippen molar-refractivity contribution in [1.29, 1.82) is 0 Å². The molecule has 0 radical (unpaired) electrons. The normalized spacial score (nSPS) is 9.83. The van der Waals surface area contributed by atoms with Crippen LogP contribution in [0.5, 0.6) is 0 Å². The van der Waals surface area contributed by atoms with Crippen molar-refractivity contribution in [2.45, 2.75) is 13.0 Å². The molecule has 0 aromatic heterocycles. The van der Waals surface area contributed by atoms with Crippen LogP contribution in [0, 0.1) is 0 Å². The van der Waals surface area contributed by atoms with Crippen LogP contribution in [0.4, 0.5) is 4.79 Å². The Balaban J connectivity index is 2.29. The minimum absolute atomic E-state index is 0.172. The minimum atomic E-state index is -1.06. The van der Waals surface area contributed by atoms with Crippen LogP contribution in [0.1, 0.15) is 22.3 Å². The molecule has 2 amide bonds. The van der Waals surface area contributed by atoms with E-state index in [2.05, 4.69) is 10.6 Å². The van der Waals surface area contributed by atoms with E-state index in [4.69, 9.17) is 10.8 Å². The summed E-state index contributed by atoms with van der Waals surface area (Å²) in [5, 5.41) is 13.3. The van der Waals surface area contributed by atoms with Gasteiger partial charge in [0.05, 0.1) is 0 Å². The summed E-state index contributed by atoms with van der Waals surface area (Å²) in [6, 6.07) is 7.04. The summed E-state index contributed by atoms with van der Waals surface area (Å²) < 4.78 is 0. The number of carbonyl (C=O) groups excluding carboxylic acids is 1. The highest BCUT2D eigenvalue weighted by Gasteiger charge is 2.04. The maximum Gasteiger partial charge on any atom is 0.404 e. The Hall–Kier alpha value is -2.08. The van der Waals surface area contributed by atoms with Gasteiger partial charge in [-0.3, -0.25) is 4.79 Å². The molecule has 0 aliphatic carbocycles. The lowest BCUT2D eigenvalue weighted by Crippen LogP contribution is -2.29. The third kappa shape index (κ3) is 4.84. The Kier molecular flexibility index (Phi) is 5.66. The predicted molar refractivity (Wildman–Crippen MR) is 67.3 cm³/mol. The van der Waals surface area contributed by atoms with Crippen molar-refractivity contribution in [3.05, 3.63) is 35.4 Å². The van der Waals surface area contributed by atoms with Crippen LogP contribution in [0.3, 0.4) is 0 Å². The Morgan fingerprint density at radius 1 is 1.11 bits per heavy atom. The molecule has 0 bridgehead atoms. The van der Waals surface area contributed by atoms with Gasteiger partial charge in [0.1, 0.15) is 0 Å². The molecule has 98 valence electrons. The lowest BCUT2D eigenvalue weighted by atomic mass is 10.1. The van der Waals surface area contributed by atoms with E-state index < -0.39 is 6.09 Å². The lowest BCUT2D eigenvalue weighted by molar-refractivity contribution is 0.0953. The fourth-order valence-electron chi connectivity index (χ4n) is 1.38. The number of hydrogen-bond donors (Lipinski definition) is 4. The SMILES string of the molecule is NCc1ccc(C(=O)NCCCNC(=O)O)cc1. The average molecular weight is 251 g/mol. The zero-order chi connectivity index (χ0) is 13.4. The summed E-state index contributed by atoms with van der Waals surface area (Å²) in [5.74, 6) is -0.172. The number of carboxylic acid groups (broad SMARTS) is 1. The van der Waals surface area contributed by atoms with E-state index in [1.54, 1.807) is 24.3 Å². The third-order valence-corrected chi connectivity index (χ3v) is 2.37. The second-order valence-electron chi connectivity index (χ2n) is 3.74. The van der Waals surface area contributed by atoms with Crippen LogP contribution in [0.2, 0.25) is 0 Å². The summed E-state index contributed by atoms with van der Waals surface area (Å²) in [7, 11) is 0. The second kappa shape index (κ2) is 7.29. The highest BCUT2D eigenvalue weighted by atomic mass is 16.4. The number of nitrogens with one attached hydrogen (secondary N) is 2. The molecule has 0 spiro atoms. The molecule has 1 aromatic rings. The topological polar surface area (TPSA) is 104 Å². The largest absolute Gasteiger partial charge is 0.465 e. The Labute approximate surface area is 105 Å². The Morgan fingerprint density at radius 2 is 1.72 bits per heavy atom. The van der Waals surface area contributed by atoms with Gasteiger partial charge in [0.2, 0.25) is 0 Å². The van der Waals surface area contributed by atoms with Crippen LogP contribution in [0.15, 0.2) is 24.3 Å². The van der Waals surface area contributed by atoms with E-state index in [0.717, 1.165) is 5.56 Å². The number of hydrogen-bond acceptors (Lipinski definition) is 3. The van der Waals surface area contributed by atoms with E-state index in [1.807, 2.05) is 0 Å². The van der Waals surface area contributed by atoms with E-state index in [9.17, 15) is 9.59 Å². The van der Waals surface area contributed by atoms with Crippen LogP contribution in [-0.4, -0.2) is 30.2 Å². The first-order valence-corrected chi connectivity index (χ1v) is 5.67. The molecule has 6 heteroatoms. The lowest BCUT2D eigenvalue weighted by Gasteiger charge is -2.05. The average Bonchev–Trinajstić information content (AvgIpc) is 2.38. The Morgan fingerprint density at radius 3 is 2.28 bits per heavy atom. The number of rotatable bonds is 6. The van der Waals surface area contributed by atoms with E-state index in [-0.39, 0.29) is 5.91 Å². The van der Waals surface area contributed by atoms with Crippen LogP contribution < -0.4 is 16.4 Å². The molecule has 0 unspecified atom stereocenters. The molecular weight excluding hydrogens is 234 g/mol. The van der Waals surface area contributed by atoms with Gasteiger partial charge in [-0.15, -0.1) is 0 Å². The summed E-state index contributed by atoms with van der Waals surface area (Å²) >= 11 is 0. The minimum Gasteiger partial charge on any atom is -0.465 e. The van der Waals surface area contributed by atoms with E-state index >= 15 is 0 Å². The molecule has 0 saturated heterocycles. The fourth-order valence-corrected chi connectivity index (χ4v) is 1.38. The predicted octanol–water partition coefficient (Wildman–Crippen LogP) is 0.533. The standard InChI is InChI=1S/C12H17N3O3/c13-8-9-2-4-10(5-3-9)11(16)14-6-1-7-15-12(17)18/h2-5,15H,1,6-8,13H2,(H,14,16)(H,17,18). The van der Waals surface area contributed by atoms with E-state index in [1.165, 1.54) is 0 Å². The summed E-state index contributed by atoms with van der Waals surface area (Å²) in [5.41, 5.74) is 7.00. The number of nitrogens with two attached hydrogens (primary N) is 1. The quantitative estimate of drug-likeness (QED) is 0.553. The first-order valence-electron chi connectivity index (χ1n) is 5.67. The number of amides is 2. The van der Waals surface area contributed by atoms with Gasteiger partial charge in [0.25, 0.3) is 5.91 Å². The highest BCUT2D eigenvalue weighted by Crippen LogP contribution is 2.03. The van der Waals surface area contributed by atoms with Crippen molar-refractivity contribution in [1.82, 2.24) is 10.6 Å². The molecule has 1 rings (SSSR count). The van der Waals surface area contributed by atoms with Crippen LogP contribution in [-0.2, 0) is 6.54 Å². The summed E-state index contributed by atoms with van der Waals surface area (Å²) in [6.07, 6.45) is -0.502. The maximum absolute atomic E-state index is 11.7. The van der Waals surface area contributed by atoms with Crippen molar-refractivity contribution in [3.63, 3.8) is 0 Å². The molecule has 0 heterocycles. The molecule has 18 heavy (non-hydrogen) atoms. The van der Waals surface area contributed by atoms with Crippen LogP contribution >= 0.6 is 0 Å². The summed E-state index contributed by atoms with van der Waals surface area (Å²) in [4.78, 5) is 21.8. The molecule has 0 fully saturated rings. The van der Waals surface area contributed by atoms with Gasteiger partial charge < -0.3 is 21.5 Å². The zero-order valence-corrected chi connectivity index (χ0v) is 9.98. The van der Waals surface area contributed by atoms with Gasteiger partial charge >= 0.3 is 6.09 Å². The second-order valence-corrected chi connectivity index (χ2v) is 3.74. The van der Waals surface area contributed by atoms with Crippen molar-refractivity contribution < 1.29 is 14.7 Å². The van der Waals surface area contributed by atoms with Crippen molar-refractivity contribution in [2.24, 2.45) is 5.73 Å². The summed E-state index contributed by atoms with van der Waals surface area (Å²) in [6.45, 7) is 1.20. The van der Waals surface area contributed by atoms with Gasteiger partial charge in [-0.1, -0.05) is 12.1 Å². The third-order valence-electron chi connectivity index (χ3n) is 2.37. The molecule has 0 saturated carbocycles. The van der Waals surface area contributed by atoms with Gasteiger partial charge in [-0.25, -0.2) is 4.79 Å². The molecule has 0 aliphatic rings. The molecular formula is C12H17N3O3. The van der Waals surface area contributed by atoms with Crippen LogP contribution in [0.25, 0.3) is 0 Å². The number of benzene rings is 1. The highest BCUT2D eigenvalue weighted by molar-refractivity contribution is 5.94. The van der Waals surface area contributed by atoms with Crippen molar-refractivity contribution in [3.8, 4) is 0 Å². The monoisotopic (exact) mass is 251 g/mol. The van der Waals surface area contributed by atoms with Gasteiger partial charge in [0, 0.05) is 25.2 Å². The van der Waals surface area contributed by atoms with Gasteiger partial charge in [-0.2, -0.15) is 0 Å². The van der Waals surface area contributed by atoms with E-state index in [0.29, 0.717) is 31.6 Å². The fraction of sp³-hybridized carbons (Fsp3) is 0.333. The zero-order valence-electron chi connectivity index (χ0n) is 9.98. The number of carbonyl (C=O) groups is 2. The van der Waals surface area contributed by atoms with Gasteiger partial charge in [-0.05, 0) is 24.1 Å². The molecule has 0 aliphatic heterocycles. The Bertz CT molecular complexity index is 404. The van der Waals surface area contributed by atoms with Gasteiger partial charge in [0.15, 0.2) is 0 Å². The molecule has 5 N–H and O–H groups in total. The van der Waals surface area contributed by atoms with Crippen molar-refractivity contribution in [2.75, 3.05) is 13.1 Å². The van der Waals surface area contributed by atoms with Crippen molar-refractivity contribution >= 4 is 12.0 Å².